The van der Waals surface area contributed by atoms with E-state index in [1.165, 1.54) is 0 Å². The van der Waals surface area contributed by atoms with Crippen LogP contribution in [0.25, 0.3) is 4.96 Å². The van der Waals surface area contributed by atoms with Gasteiger partial charge in [-0.15, -0.1) is 11.3 Å². The molecule has 0 saturated carbocycles. The van der Waals surface area contributed by atoms with Crippen molar-refractivity contribution in [2.45, 2.75) is 19.4 Å². The fourth-order valence-corrected chi connectivity index (χ4v) is 3.30. The molecule has 1 atom stereocenters. The fourth-order valence-electron chi connectivity index (χ4n) is 2.58. The van der Waals surface area contributed by atoms with Crippen LogP contribution in [0.2, 0.25) is 0 Å². The number of thiazole rings is 1. The van der Waals surface area contributed by atoms with Crippen LogP contribution in [-0.2, 0) is 11.2 Å². The first-order valence-electron chi connectivity index (χ1n) is 7.40. The molecule has 2 heterocycles. The first kappa shape index (κ1) is 15.6. The average Bonchev–Trinajstić information content (AvgIpc) is 3.14. The summed E-state index contributed by atoms with van der Waals surface area (Å²) in [5, 5.41) is 1.98. The molecule has 0 radical (unpaired) electrons. The summed E-state index contributed by atoms with van der Waals surface area (Å²) in [5.74, 6) is 0.830. The van der Waals surface area contributed by atoms with E-state index in [0.717, 1.165) is 22.0 Å². The van der Waals surface area contributed by atoms with Crippen molar-refractivity contribution < 1.29 is 9.53 Å². The Morgan fingerprint density at radius 2 is 2.22 bits per heavy atom. The quantitative estimate of drug-likeness (QED) is 0.722. The van der Waals surface area contributed by atoms with Crippen LogP contribution >= 0.6 is 11.3 Å². The van der Waals surface area contributed by atoms with Crippen molar-refractivity contribution in [3.63, 3.8) is 0 Å². The maximum atomic E-state index is 12.6. The molecule has 6 heteroatoms. The Labute approximate surface area is 139 Å². The molecule has 3 aromatic rings. The molecular weight excluding hydrogens is 310 g/mol. The normalized spacial score (nSPS) is 12.3. The third kappa shape index (κ3) is 3.07. The summed E-state index contributed by atoms with van der Waals surface area (Å²) < 4.78 is 7.33. The number of likely N-dealkylation sites (N-methyl/N-ethyl adjacent to an activating group) is 1. The van der Waals surface area contributed by atoms with Gasteiger partial charge in [0.25, 0.3) is 0 Å². The molecule has 0 aliphatic heterocycles. The third-order valence-electron chi connectivity index (χ3n) is 4.04. The first-order valence-corrected chi connectivity index (χ1v) is 8.27. The molecule has 1 unspecified atom stereocenters. The largest absolute Gasteiger partial charge is 0.496 e. The van der Waals surface area contributed by atoms with E-state index in [4.69, 9.17) is 4.74 Å². The Bertz CT molecular complexity index is 795. The molecule has 0 saturated heterocycles. The van der Waals surface area contributed by atoms with Gasteiger partial charge in [0.15, 0.2) is 4.96 Å². The number of rotatable bonds is 5. The summed E-state index contributed by atoms with van der Waals surface area (Å²) in [5.41, 5.74) is 1.79. The maximum Gasteiger partial charge on any atom is 0.228 e. The van der Waals surface area contributed by atoms with Crippen LogP contribution in [0, 0.1) is 0 Å². The van der Waals surface area contributed by atoms with Crippen LogP contribution in [-0.4, -0.2) is 34.3 Å². The van der Waals surface area contributed by atoms with Crippen molar-refractivity contribution in [1.29, 1.82) is 0 Å². The minimum absolute atomic E-state index is 0.0363. The Balaban J connectivity index is 1.74. The highest BCUT2D eigenvalue weighted by Gasteiger charge is 2.21. The highest BCUT2D eigenvalue weighted by atomic mass is 32.1. The maximum absolute atomic E-state index is 12.6. The smallest absolute Gasteiger partial charge is 0.228 e. The molecule has 0 aliphatic carbocycles. The van der Waals surface area contributed by atoms with Crippen LogP contribution in [0.3, 0.4) is 0 Å². The van der Waals surface area contributed by atoms with E-state index in [2.05, 4.69) is 4.98 Å². The number of hydrogen-bond acceptors (Lipinski definition) is 4. The van der Waals surface area contributed by atoms with Gasteiger partial charge in [0.2, 0.25) is 5.91 Å². The molecule has 1 aromatic carbocycles. The third-order valence-corrected chi connectivity index (χ3v) is 4.81. The minimum atomic E-state index is -0.0672. The zero-order chi connectivity index (χ0) is 16.4. The number of amides is 1. The fraction of sp³-hybridized carbons (Fsp3) is 0.294. The highest BCUT2D eigenvalue weighted by molar-refractivity contribution is 7.15. The van der Waals surface area contributed by atoms with E-state index in [0.29, 0.717) is 6.42 Å². The van der Waals surface area contributed by atoms with Crippen molar-refractivity contribution in [2.24, 2.45) is 0 Å². The van der Waals surface area contributed by atoms with E-state index in [1.807, 2.05) is 60.4 Å². The number of nitrogens with zero attached hydrogens (tertiary/aromatic N) is 3. The topological polar surface area (TPSA) is 46.8 Å². The number of carbonyl (C=O) groups is 1. The second-order valence-corrected chi connectivity index (χ2v) is 6.30. The lowest BCUT2D eigenvalue weighted by Crippen LogP contribution is -2.31. The predicted molar refractivity (Wildman–Crippen MR) is 91.0 cm³/mol. The summed E-state index contributed by atoms with van der Waals surface area (Å²) in [7, 11) is 3.46. The van der Waals surface area contributed by atoms with Gasteiger partial charge < -0.3 is 9.64 Å². The molecule has 0 aliphatic rings. The van der Waals surface area contributed by atoms with E-state index in [9.17, 15) is 4.79 Å². The molecule has 5 nitrogen and oxygen atoms in total. The van der Waals surface area contributed by atoms with Crippen molar-refractivity contribution in [2.75, 3.05) is 14.2 Å². The average molecular weight is 329 g/mol. The minimum Gasteiger partial charge on any atom is -0.496 e. The Morgan fingerprint density at radius 1 is 1.43 bits per heavy atom. The van der Waals surface area contributed by atoms with Gasteiger partial charge in [-0.25, -0.2) is 4.98 Å². The number of aromatic nitrogens is 2. The molecule has 0 spiro atoms. The number of imidazole rings is 1. The Kier molecular flexibility index (Phi) is 4.34. The molecule has 2 aromatic heterocycles. The summed E-state index contributed by atoms with van der Waals surface area (Å²) >= 11 is 1.56. The number of hydrogen-bond donors (Lipinski definition) is 0. The van der Waals surface area contributed by atoms with Gasteiger partial charge in [-0.1, -0.05) is 18.2 Å². The van der Waals surface area contributed by atoms with Gasteiger partial charge in [0, 0.05) is 30.4 Å². The SMILES string of the molecule is COc1ccccc1C(C)N(C)C(=O)Cc1cn2ccsc2n1. The molecule has 0 bridgehead atoms. The molecule has 1 amide bonds. The van der Waals surface area contributed by atoms with Crippen LogP contribution in [0.4, 0.5) is 0 Å². The second kappa shape index (κ2) is 6.42. The molecule has 0 fully saturated rings. The van der Waals surface area contributed by atoms with Crippen LogP contribution in [0.15, 0.2) is 42.0 Å². The summed E-state index contributed by atoms with van der Waals surface area (Å²) in [4.78, 5) is 19.7. The lowest BCUT2D eigenvalue weighted by Gasteiger charge is -2.26. The van der Waals surface area contributed by atoms with Gasteiger partial charge in [-0.2, -0.15) is 0 Å². The summed E-state index contributed by atoms with van der Waals surface area (Å²) in [6.07, 6.45) is 4.15. The van der Waals surface area contributed by atoms with Crippen LogP contribution in [0.5, 0.6) is 5.75 Å². The number of carbonyl (C=O) groups excluding carboxylic acids is 1. The number of ether oxygens (including phenoxy) is 1. The van der Waals surface area contributed by atoms with Gasteiger partial charge in [0.1, 0.15) is 5.75 Å². The Hall–Kier alpha value is -2.34. The molecule has 23 heavy (non-hydrogen) atoms. The highest BCUT2D eigenvalue weighted by Crippen LogP contribution is 2.28. The molecular formula is C17H19N3O2S. The lowest BCUT2D eigenvalue weighted by atomic mass is 10.1. The van der Waals surface area contributed by atoms with E-state index >= 15 is 0 Å². The van der Waals surface area contributed by atoms with Crippen molar-refractivity contribution >= 4 is 22.2 Å². The lowest BCUT2D eigenvalue weighted by molar-refractivity contribution is -0.131. The first-order chi connectivity index (χ1) is 11.1. The van der Waals surface area contributed by atoms with E-state index < -0.39 is 0 Å². The van der Waals surface area contributed by atoms with Crippen LogP contribution in [0.1, 0.15) is 24.2 Å². The molecule has 3 rings (SSSR count). The monoisotopic (exact) mass is 329 g/mol. The molecule has 120 valence electrons. The van der Waals surface area contributed by atoms with Gasteiger partial charge in [0.05, 0.1) is 25.3 Å². The van der Waals surface area contributed by atoms with E-state index in [1.54, 1.807) is 23.3 Å². The van der Waals surface area contributed by atoms with Crippen molar-refractivity contribution in [3.05, 3.63) is 53.3 Å². The van der Waals surface area contributed by atoms with Gasteiger partial charge in [-0.05, 0) is 13.0 Å². The van der Waals surface area contributed by atoms with Crippen molar-refractivity contribution in [3.8, 4) is 5.75 Å². The summed E-state index contributed by atoms with van der Waals surface area (Å²) in [6.45, 7) is 2.00. The van der Waals surface area contributed by atoms with E-state index in [-0.39, 0.29) is 11.9 Å². The van der Waals surface area contributed by atoms with Gasteiger partial charge >= 0.3 is 0 Å². The summed E-state index contributed by atoms with van der Waals surface area (Å²) in [6, 6.07) is 7.71. The Morgan fingerprint density at radius 3 is 2.96 bits per heavy atom. The van der Waals surface area contributed by atoms with Gasteiger partial charge in [-0.3, -0.25) is 9.20 Å². The van der Waals surface area contributed by atoms with Crippen molar-refractivity contribution in [1.82, 2.24) is 14.3 Å². The standard InChI is InChI=1S/C17H19N3O2S/c1-12(14-6-4-5-7-15(14)22-3)19(2)16(21)10-13-11-20-8-9-23-17(20)18-13/h4-9,11-12H,10H2,1-3H3. The number of methoxy groups -OCH3 is 1. The number of fused-ring (bicyclic) bond motifs is 1. The zero-order valence-corrected chi connectivity index (χ0v) is 14.2. The number of benzene rings is 1. The zero-order valence-electron chi connectivity index (χ0n) is 13.4. The second-order valence-electron chi connectivity index (χ2n) is 5.42. The number of para-hydroxylation sites is 1. The van der Waals surface area contributed by atoms with Crippen LogP contribution < -0.4 is 4.74 Å². The molecule has 0 N–H and O–H groups in total. The predicted octanol–water partition coefficient (Wildman–Crippen LogP) is 3.17.